The van der Waals surface area contributed by atoms with Gasteiger partial charge < -0.3 is 9.84 Å². The fraction of sp³-hybridized carbons (Fsp3) is 0.375. The van der Waals surface area contributed by atoms with Crippen molar-refractivity contribution in [2.24, 2.45) is 0 Å². The monoisotopic (exact) mass is 271 g/mol. The Hall–Kier alpha value is -2.10. The van der Waals surface area contributed by atoms with Gasteiger partial charge in [-0.1, -0.05) is 18.6 Å². The third-order valence-corrected chi connectivity index (χ3v) is 3.94. The number of aryl methyl sites for hydroxylation is 1. The van der Waals surface area contributed by atoms with E-state index in [9.17, 15) is 9.90 Å². The Bertz CT molecular complexity index is 679. The average molecular weight is 271 g/mol. The number of ether oxygens (including phenoxy) is 1. The summed E-state index contributed by atoms with van der Waals surface area (Å²) in [5.74, 6) is -0.235. The molecule has 0 fully saturated rings. The molecule has 1 N–H and O–H groups in total. The number of rotatable bonds is 2. The lowest BCUT2D eigenvalue weighted by atomic mass is 9.97. The lowest BCUT2D eigenvalue weighted by Crippen LogP contribution is -2.09. The van der Waals surface area contributed by atoms with Gasteiger partial charge in [-0.05, 0) is 37.3 Å². The molecule has 0 radical (unpaired) electrons. The number of aromatic carboxylic acids is 1. The molecule has 4 heteroatoms. The third-order valence-electron chi connectivity index (χ3n) is 3.94. The van der Waals surface area contributed by atoms with Crippen LogP contribution in [0, 0.1) is 0 Å². The van der Waals surface area contributed by atoms with Gasteiger partial charge in [0.25, 0.3) is 0 Å². The second-order valence-electron chi connectivity index (χ2n) is 5.13. The standard InChI is InChI=1S/C16H17NO3/c1-20-13-9-5-7-11-14(16(18)19)10-6-3-2-4-8-12(10)17-15(11)13/h5,7,9H,2-4,6,8H2,1H3,(H,18,19). The molecule has 1 aromatic heterocycles. The minimum Gasteiger partial charge on any atom is -0.494 e. The smallest absolute Gasteiger partial charge is 0.336 e. The molecule has 1 aliphatic carbocycles. The highest BCUT2D eigenvalue weighted by Crippen LogP contribution is 2.32. The molecule has 0 aliphatic heterocycles. The topological polar surface area (TPSA) is 59.4 Å². The summed E-state index contributed by atoms with van der Waals surface area (Å²) in [5.41, 5.74) is 2.91. The van der Waals surface area contributed by atoms with Crippen LogP contribution in [0.2, 0.25) is 0 Å². The number of aromatic nitrogens is 1. The third kappa shape index (κ3) is 2.01. The minimum absolute atomic E-state index is 0.408. The maximum Gasteiger partial charge on any atom is 0.336 e. The second kappa shape index (κ2) is 5.12. The van der Waals surface area contributed by atoms with E-state index in [1.165, 1.54) is 0 Å². The second-order valence-corrected chi connectivity index (χ2v) is 5.13. The van der Waals surface area contributed by atoms with Gasteiger partial charge in [0.1, 0.15) is 11.3 Å². The van der Waals surface area contributed by atoms with Crippen LogP contribution in [-0.2, 0) is 12.8 Å². The lowest BCUT2D eigenvalue weighted by Gasteiger charge is -2.14. The van der Waals surface area contributed by atoms with E-state index in [4.69, 9.17) is 9.72 Å². The summed E-state index contributed by atoms with van der Waals surface area (Å²) in [4.78, 5) is 16.4. The Morgan fingerprint density at radius 2 is 2.05 bits per heavy atom. The number of hydrogen-bond acceptors (Lipinski definition) is 3. The molecule has 2 aromatic rings. The molecule has 1 heterocycles. The number of methoxy groups -OCH3 is 1. The zero-order valence-corrected chi connectivity index (χ0v) is 11.5. The van der Waals surface area contributed by atoms with E-state index in [-0.39, 0.29) is 0 Å². The molecule has 104 valence electrons. The highest BCUT2D eigenvalue weighted by atomic mass is 16.5. The summed E-state index contributed by atoms with van der Waals surface area (Å²) in [6.07, 6.45) is 4.88. The number of fused-ring (bicyclic) bond motifs is 2. The Morgan fingerprint density at radius 1 is 1.25 bits per heavy atom. The van der Waals surface area contributed by atoms with Crippen LogP contribution in [-0.4, -0.2) is 23.2 Å². The number of hydrogen-bond donors (Lipinski definition) is 1. The molecule has 0 unspecified atom stereocenters. The quantitative estimate of drug-likeness (QED) is 0.852. The van der Waals surface area contributed by atoms with Gasteiger partial charge in [-0.25, -0.2) is 9.78 Å². The fourth-order valence-electron chi connectivity index (χ4n) is 3.00. The van der Waals surface area contributed by atoms with E-state index in [1.807, 2.05) is 18.2 Å². The van der Waals surface area contributed by atoms with E-state index in [2.05, 4.69) is 0 Å². The Labute approximate surface area is 117 Å². The van der Waals surface area contributed by atoms with Crippen LogP contribution in [0.5, 0.6) is 5.75 Å². The van der Waals surface area contributed by atoms with Gasteiger partial charge in [0, 0.05) is 11.1 Å². The summed E-state index contributed by atoms with van der Waals surface area (Å²) < 4.78 is 5.33. The molecule has 4 nitrogen and oxygen atoms in total. The Kier molecular flexibility index (Phi) is 3.30. The van der Waals surface area contributed by atoms with Gasteiger partial charge in [0.15, 0.2) is 0 Å². The first-order valence-electron chi connectivity index (χ1n) is 6.94. The molecule has 20 heavy (non-hydrogen) atoms. The van der Waals surface area contributed by atoms with Gasteiger partial charge in [-0.3, -0.25) is 0 Å². The van der Waals surface area contributed by atoms with Crippen molar-refractivity contribution in [2.75, 3.05) is 7.11 Å². The first kappa shape index (κ1) is 12.9. The summed E-state index contributed by atoms with van der Waals surface area (Å²) in [6.45, 7) is 0. The molecule has 0 amide bonds. The van der Waals surface area contributed by atoms with Crippen LogP contribution in [0.4, 0.5) is 0 Å². The fourth-order valence-corrected chi connectivity index (χ4v) is 3.00. The maximum atomic E-state index is 11.7. The van der Waals surface area contributed by atoms with E-state index in [0.717, 1.165) is 43.4 Å². The first-order valence-corrected chi connectivity index (χ1v) is 6.94. The van der Waals surface area contributed by atoms with E-state index in [1.54, 1.807) is 7.11 Å². The number of pyridine rings is 1. The van der Waals surface area contributed by atoms with Crippen LogP contribution in [0.25, 0.3) is 10.9 Å². The Morgan fingerprint density at radius 3 is 2.80 bits per heavy atom. The lowest BCUT2D eigenvalue weighted by molar-refractivity contribution is 0.0697. The predicted octanol–water partition coefficient (Wildman–Crippen LogP) is 3.21. The number of carboxylic acids is 1. The molecule has 0 saturated heterocycles. The normalized spacial score (nSPS) is 14.7. The molecule has 0 spiro atoms. The van der Waals surface area contributed by atoms with Crippen LogP contribution in [0.1, 0.15) is 40.9 Å². The summed E-state index contributed by atoms with van der Waals surface area (Å²) in [5, 5.41) is 10.3. The van der Waals surface area contributed by atoms with Crippen molar-refractivity contribution in [2.45, 2.75) is 32.1 Å². The molecule has 1 aromatic carbocycles. The highest BCUT2D eigenvalue weighted by Gasteiger charge is 2.22. The molecule has 3 rings (SSSR count). The molecule has 0 saturated carbocycles. The zero-order chi connectivity index (χ0) is 14.1. The number of benzene rings is 1. The van der Waals surface area contributed by atoms with Crippen LogP contribution >= 0.6 is 0 Å². The van der Waals surface area contributed by atoms with Crippen molar-refractivity contribution in [3.05, 3.63) is 35.0 Å². The van der Waals surface area contributed by atoms with Gasteiger partial charge >= 0.3 is 5.97 Å². The van der Waals surface area contributed by atoms with Crippen molar-refractivity contribution >= 4 is 16.9 Å². The first-order chi connectivity index (χ1) is 9.72. The number of para-hydroxylation sites is 1. The summed E-state index contributed by atoms with van der Waals surface area (Å²) >= 11 is 0. The van der Waals surface area contributed by atoms with Crippen molar-refractivity contribution in [3.8, 4) is 5.75 Å². The zero-order valence-electron chi connectivity index (χ0n) is 11.5. The largest absolute Gasteiger partial charge is 0.494 e. The average Bonchev–Trinajstić information content (AvgIpc) is 2.68. The van der Waals surface area contributed by atoms with Crippen LogP contribution < -0.4 is 4.74 Å². The van der Waals surface area contributed by atoms with E-state index in [0.29, 0.717) is 22.2 Å². The highest BCUT2D eigenvalue weighted by molar-refractivity contribution is 6.05. The number of nitrogens with zero attached hydrogens (tertiary/aromatic N) is 1. The molecule has 1 aliphatic rings. The van der Waals surface area contributed by atoms with Gasteiger partial charge in [-0.15, -0.1) is 0 Å². The molecule has 0 atom stereocenters. The van der Waals surface area contributed by atoms with Crippen molar-refractivity contribution in [1.29, 1.82) is 0 Å². The van der Waals surface area contributed by atoms with E-state index < -0.39 is 5.97 Å². The number of carboxylic acid groups (broad SMARTS) is 1. The van der Waals surface area contributed by atoms with Crippen molar-refractivity contribution in [1.82, 2.24) is 4.98 Å². The SMILES string of the molecule is COc1cccc2c(C(=O)O)c3c(nc12)CCCCC3. The van der Waals surface area contributed by atoms with Crippen LogP contribution in [0.15, 0.2) is 18.2 Å². The maximum absolute atomic E-state index is 11.7. The van der Waals surface area contributed by atoms with Crippen LogP contribution in [0.3, 0.4) is 0 Å². The van der Waals surface area contributed by atoms with Gasteiger partial charge in [0.2, 0.25) is 0 Å². The molecule has 0 bridgehead atoms. The van der Waals surface area contributed by atoms with Gasteiger partial charge in [0.05, 0.1) is 12.7 Å². The van der Waals surface area contributed by atoms with E-state index >= 15 is 0 Å². The molecular weight excluding hydrogens is 254 g/mol. The number of carbonyl (C=O) groups is 1. The molecular formula is C16H17NO3. The van der Waals surface area contributed by atoms with Gasteiger partial charge in [-0.2, -0.15) is 0 Å². The minimum atomic E-state index is -0.871. The summed E-state index contributed by atoms with van der Waals surface area (Å²) in [6, 6.07) is 5.46. The van der Waals surface area contributed by atoms with Crippen molar-refractivity contribution < 1.29 is 14.6 Å². The Balaban J connectivity index is 2.38. The summed E-state index contributed by atoms with van der Waals surface area (Å²) in [7, 11) is 1.59. The predicted molar refractivity (Wildman–Crippen MR) is 76.5 cm³/mol. The van der Waals surface area contributed by atoms with Crippen molar-refractivity contribution in [3.63, 3.8) is 0 Å².